The van der Waals surface area contributed by atoms with Gasteiger partial charge in [0.1, 0.15) is 11.4 Å². The average Bonchev–Trinajstić information content (AvgIpc) is 2.30. The number of rotatable bonds is 7. The highest BCUT2D eigenvalue weighted by Gasteiger charge is 2.24. The molecule has 0 aliphatic carbocycles. The first-order valence-electron chi connectivity index (χ1n) is 6.57. The first-order valence-corrected chi connectivity index (χ1v) is 6.57. The largest absolute Gasteiger partial charge is 0.484 e. The lowest BCUT2D eigenvalue weighted by Gasteiger charge is -2.30. The first-order chi connectivity index (χ1) is 8.09. The Bertz CT molecular complexity index is 323. The summed E-state index contributed by atoms with van der Waals surface area (Å²) in [6.07, 6.45) is 9.22. The van der Waals surface area contributed by atoms with Crippen LogP contribution in [0.25, 0.3) is 0 Å². The highest BCUT2D eigenvalue weighted by Crippen LogP contribution is 2.26. The van der Waals surface area contributed by atoms with Gasteiger partial charge in [-0.05, 0) is 33.1 Å². The van der Waals surface area contributed by atoms with Crippen LogP contribution in [0.4, 0.5) is 0 Å². The van der Waals surface area contributed by atoms with Crippen molar-refractivity contribution < 1.29 is 4.74 Å². The van der Waals surface area contributed by atoms with Crippen molar-refractivity contribution >= 4 is 0 Å². The molecule has 1 rings (SSSR count). The summed E-state index contributed by atoms with van der Waals surface area (Å²) >= 11 is 0. The fourth-order valence-corrected chi connectivity index (χ4v) is 2.02. The van der Waals surface area contributed by atoms with Crippen molar-refractivity contribution in [2.45, 2.75) is 65.4 Å². The summed E-state index contributed by atoms with van der Waals surface area (Å²) in [5.74, 6) is 1.56. The molecule has 0 radical (unpaired) electrons. The van der Waals surface area contributed by atoms with Crippen molar-refractivity contribution in [3.63, 3.8) is 0 Å². The van der Waals surface area contributed by atoms with Crippen LogP contribution in [0.2, 0.25) is 0 Å². The smallest absolute Gasteiger partial charge is 0.156 e. The van der Waals surface area contributed by atoms with Gasteiger partial charge in [0.15, 0.2) is 5.75 Å². The zero-order chi connectivity index (χ0) is 12.7. The van der Waals surface area contributed by atoms with E-state index in [0.29, 0.717) is 0 Å². The minimum Gasteiger partial charge on any atom is -0.484 e. The summed E-state index contributed by atoms with van der Waals surface area (Å²) < 4.78 is 6.07. The van der Waals surface area contributed by atoms with Crippen molar-refractivity contribution in [3.05, 3.63) is 18.2 Å². The van der Waals surface area contributed by atoms with Crippen LogP contribution in [0.15, 0.2) is 12.4 Å². The zero-order valence-electron chi connectivity index (χ0n) is 11.5. The minimum atomic E-state index is -0.0800. The Kier molecular flexibility index (Phi) is 5.39. The van der Waals surface area contributed by atoms with Crippen LogP contribution in [0.1, 0.15) is 58.7 Å². The molecule has 1 aromatic rings. The van der Waals surface area contributed by atoms with E-state index in [0.717, 1.165) is 30.8 Å². The van der Waals surface area contributed by atoms with Crippen molar-refractivity contribution in [1.29, 1.82) is 0 Å². The predicted octanol–water partition coefficient (Wildman–Crippen LogP) is 3.91. The highest BCUT2D eigenvalue weighted by atomic mass is 16.5. The van der Waals surface area contributed by atoms with E-state index < -0.39 is 0 Å². The van der Waals surface area contributed by atoms with Crippen molar-refractivity contribution in [2.24, 2.45) is 0 Å². The Morgan fingerprint density at radius 3 is 2.29 bits per heavy atom. The number of hydrogen-bond donors (Lipinski definition) is 0. The van der Waals surface area contributed by atoms with Crippen molar-refractivity contribution in [2.75, 3.05) is 0 Å². The quantitative estimate of drug-likeness (QED) is 0.720. The molecule has 0 aromatic carbocycles. The third-order valence-electron chi connectivity index (χ3n) is 2.96. The highest BCUT2D eigenvalue weighted by molar-refractivity contribution is 5.13. The average molecular weight is 236 g/mol. The molecule has 0 bridgehead atoms. The monoisotopic (exact) mass is 236 g/mol. The Balaban J connectivity index is 2.67. The van der Waals surface area contributed by atoms with Gasteiger partial charge in [-0.3, -0.25) is 0 Å². The molecule has 96 valence electrons. The topological polar surface area (TPSA) is 35.0 Å². The number of hydrogen-bond acceptors (Lipinski definition) is 3. The van der Waals surface area contributed by atoms with E-state index in [1.165, 1.54) is 12.8 Å². The maximum Gasteiger partial charge on any atom is 0.156 e. The van der Waals surface area contributed by atoms with Crippen LogP contribution in [-0.2, 0) is 0 Å². The van der Waals surface area contributed by atoms with Crippen LogP contribution >= 0.6 is 0 Å². The zero-order valence-corrected chi connectivity index (χ0v) is 11.5. The lowest BCUT2D eigenvalue weighted by molar-refractivity contribution is 0.0655. The Morgan fingerprint density at radius 1 is 1.12 bits per heavy atom. The second-order valence-electron chi connectivity index (χ2n) is 4.87. The van der Waals surface area contributed by atoms with Gasteiger partial charge in [-0.15, -0.1) is 0 Å². The number of aromatic nitrogens is 2. The number of unbranched alkanes of at least 4 members (excludes halogenated alkanes) is 1. The van der Waals surface area contributed by atoms with E-state index in [4.69, 9.17) is 4.74 Å². The van der Waals surface area contributed by atoms with E-state index in [2.05, 4.69) is 30.7 Å². The van der Waals surface area contributed by atoms with Gasteiger partial charge in [-0.25, -0.2) is 9.97 Å². The predicted molar refractivity (Wildman–Crippen MR) is 70.2 cm³/mol. The van der Waals surface area contributed by atoms with Gasteiger partial charge in [-0.1, -0.05) is 26.7 Å². The Labute approximate surface area is 105 Å². The standard InChI is InChI=1S/C14H24N2O/c1-5-7-9-14(4,8-6-2)17-13-10-15-12(3)16-11-13/h10-11H,5-9H2,1-4H3. The lowest BCUT2D eigenvalue weighted by atomic mass is 9.93. The van der Waals surface area contributed by atoms with Crippen LogP contribution in [-0.4, -0.2) is 15.6 Å². The molecule has 1 unspecified atom stereocenters. The molecule has 1 atom stereocenters. The molecule has 0 aliphatic rings. The molecule has 0 fully saturated rings. The van der Waals surface area contributed by atoms with Crippen LogP contribution in [0.5, 0.6) is 5.75 Å². The summed E-state index contributed by atoms with van der Waals surface area (Å²) in [6.45, 7) is 8.47. The Hall–Kier alpha value is -1.12. The van der Waals surface area contributed by atoms with E-state index in [9.17, 15) is 0 Å². The number of nitrogens with zero attached hydrogens (tertiary/aromatic N) is 2. The van der Waals surface area contributed by atoms with Crippen molar-refractivity contribution in [3.8, 4) is 5.75 Å². The third kappa shape index (κ3) is 4.72. The van der Waals surface area contributed by atoms with Gasteiger partial charge in [0.2, 0.25) is 0 Å². The Morgan fingerprint density at radius 2 is 1.76 bits per heavy atom. The van der Waals surface area contributed by atoms with Crippen LogP contribution in [0.3, 0.4) is 0 Å². The van der Waals surface area contributed by atoms with Gasteiger partial charge in [0, 0.05) is 0 Å². The van der Waals surface area contributed by atoms with Crippen LogP contribution < -0.4 is 4.74 Å². The summed E-state index contributed by atoms with van der Waals surface area (Å²) in [5, 5.41) is 0. The lowest BCUT2D eigenvalue weighted by Crippen LogP contribution is -2.32. The van der Waals surface area contributed by atoms with Gasteiger partial charge < -0.3 is 4.74 Å². The van der Waals surface area contributed by atoms with Crippen molar-refractivity contribution in [1.82, 2.24) is 9.97 Å². The van der Waals surface area contributed by atoms with E-state index in [1.54, 1.807) is 12.4 Å². The molecule has 0 saturated carbocycles. The molecule has 1 heterocycles. The van der Waals surface area contributed by atoms with Crippen LogP contribution in [0, 0.1) is 6.92 Å². The summed E-state index contributed by atoms with van der Waals surface area (Å²) in [6, 6.07) is 0. The number of ether oxygens (including phenoxy) is 1. The maximum absolute atomic E-state index is 6.07. The van der Waals surface area contributed by atoms with E-state index in [1.807, 2.05) is 6.92 Å². The summed E-state index contributed by atoms with van der Waals surface area (Å²) in [7, 11) is 0. The second-order valence-corrected chi connectivity index (χ2v) is 4.87. The molecule has 3 heteroatoms. The number of aryl methyl sites for hydroxylation is 1. The van der Waals surface area contributed by atoms with Gasteiger partial charge in [-0.2, -0.15) is 0 Å². The second kappa shape index (κ2) is 6.58. The molecule has 0 saturated heterocycles. The SMILES string of the molecule is CCCCC(C)(CCC)Oc1cnc(C)nc1. The molecule has 0 spiro atoms. The fraction of sp³-hybridized carbons (Fsp3) is 0.714. The molecule has 0 N–H and O–H groups in total. The molecule has 0 amide bonds. The molecular weight excluding hydrogens is 212 g/mol. The minimum absolute atomic E-state index is 0.0800. The molecule has 3 nitrogen and oxygen atoms in total. The summed E-state index contributed by atoms with van der Waals surface area (Å²) in [4.78, 5) is 8.34. The third-order valence-corrected chi connectivity index (χ3v) is 2.96. The fourth-order valence-electron chi connectivity index (χ4n) is 2.02. The van der Waals surface area contributed by atoms with Gasteiger partial charge >= 0.3 is 0 Å². The summed E-state index contributed by atoms with van der Waals surface area (Å²) in [5.41, 5.74) is -0.0800. The van der Waals surface area contributed by atoms with Gasteiger partial charge in [0.05, 0.1) is 12.4 Å². The van der Waals surface area contributed by atoms with E-state index >= 15 is 0 Å². The molecular formula is C14H24N2O. The van der Waals surface area contributed by atoms with E-state index in [-0.39, 0.29) is 5.60 Å². The normalized spacial score (nSPS) is 14.4. The molecule has 1 aromatic heterocycles. The maximum atomic E-state index is 6.07. The first kappa shape index (κ1) is 13.9. The molecule has 0 aliphatic heterocycles. The van der Waals surface area contributed by atoms with Gasteiger partial charge in [0.25, 0.3) is 0 Å². The molecule has 17 heavy (non-hydrogen) atoms.